The highest BCUT2D eigenvalue weighted by Gasteiger charge is 2.35. The number of aromatic nitrogens is 4. The quantitative estimate of drug-likeness (QED) is 0.110. The highest BCUT2D eigenvalue weighted by Crippen LogP contribution is 2.37. The van der Waals surface area contributed by atoms with E-state index in [1.807, 2.05) is 38.2 Å². The van der Waals surface area contributed by atoms with Gasteiger partial charge < -0.3 is 29.9 Å². The zero-order valence-electron chi connectivity index (χ0n) is 36.5. The van der Waals surface area contributed by atoms with Crippen LogP contribution in [0.25, 0.3) is 32.8 Å². The monoisotopic (exact) mass is 882 g/mol. The number of benzene rings is 4. The fourth-order valence-electron chi connectivity index (χ4n) is 8.06. The summed E-state index contributed by atoms with van der Waals surface area (Å²) in [6.45, 7) is 6.64. The molecule has 1 unspecified atom stereocenters. The highest BCUT2D eigenvalue weighted by molar-refractivity contribution is 7.10. The Morgan fingerprint density at radius 2 is 1.59 bits per heavy atom. The van der Waals surface area contributed by atoms with Crippen molar-refractivity contribution < 1.29 is 23.5 Å². The van der Waals surface area contributed by atoms with Gasteiger partial charge in [0.05, 0.1) is 42.4 Å². The van der Waals surface area contributed by atoms with Crippen molar-refractivity contribution >= 4 is 50.6 Å². The van der Waals surface area contributed by atoms with Gasteiger partial charge in [0.2, 0.25) is 5.91 Å². The number of methoxy groups -OCH3 is 2. The van der Waals surface area contributed by atoms with Crippen LogP contribution < -0.4 is 25.7 Å². The molecule has 0 bridgehead atoms. The van der Waals surface area contributed by atoms with E-state index in [0.717, 1.165) is 47.1 Å². The van der Waals surface area contributed by atoms with E-state index in [2.05, 4.69) is 73.4 Å². The average molecular weight is 883 g/mol. The number of hydrogen-bond acceptors (Lipinski definition) is 11. The number of fused-ring (bicyclic) bond motifs is 2. The molecular weight excluding hydrogens is 832 g/mol. The van der Waals surface area contributed by atoms with Gasteiger partial charge in [0.15, 0.2) is 11.5 Å². The molecule has 0 radical (unpaired) electrons. The van der Waals surface area contributed by atoms with Gasteiger partial charge >= 0.3 is 0 Å². The number of rotatable bonds is 12. The summed E-state index contributed by atoms with van der Waals surface area (Å²) in [4.78, 5) is 51.2. The largest absolute Gasteiger partial charge is 0.493 e. The molecule has 2 fully saturated rings. The minimum atomic E-state index is -0.575. The fraction of sp³-hybridized carbons (Fsp3) is 0.306. The molecule has 1 aliphatic heterocycles. The second-order valence-electron chi connectivity index (χ2n) is 16.1. The first kappa shape index (κ1) is 43.9. The van der Waals surface area contributed by atoms with Crippen LogP contribution in [0.4, 0.5) is 10.2 Å². The first-order valence-corrected chi connectivity index (χ1v) is 22.2. The minimum Gasteiger partial charge on any atom is -0.493 e. The van der Waals surface area contributed by atoms with Crippen molar-refractivity contribution in [2.75, 3.05) is 52.8 Å². The molecule has 13 nitrogen and oxygen atoms in total. The Morgan fingerprint density at radius 3 is 2.33 bits per heavy atom. The molecule has 330 valence electrons. The topological polar surface area (TPSA) is 155 Å². The van der Waals surface area contributed by atoms with Gasteiger partial charge in [0.1, 0.15) is 17.5 Å². The molecule has 3 N–H and O–H groups in total. The first-order valence-electron chi connectivity index (χ1n) is 21.4. The maximum Gasteiger partial charge on any atom is 0.272 e. The van der Waals surface area contributed by atoms with Crippen molar-refractivity contribution in [3.63, 3.8) is 0 Å². The van der Waals surface area contributed by atoms with Crippen LogP contribution in [0.15, 0.2) is 95.1 Å². The SMILES string of the molecule is CNCc1ccccc1-c1csc(C(C)Nc2nc(C)nc3cc(OC)c(OC)cc23)c1.O=C(c1cc(Cc2n[nH]c(=O)c3ccccc23)ccc1F)N1CCN(C(=O)C2CC2)CC1. The van der Waals surface area contributed by atoms with Gasteiger partial charge in [-0.2, -0.15) is 5.10 Å². The summed E-state index contributed by atoms with van der Waals surface area (Å²) in [5.74, 6) is 2.17. The average Bonchev–Trinajstić information content (AvgIpc) is 4.05. The second-order valence-corrected chi connectivity index (χ2v) is 17.0. The lowest BCUT2D eigenvalue weighted by molar-refractivity contribution is -0.134. The number of hydrogen-bond donors (Lipinski definition) is 3. The zero-order valence-corrected chi connectivity index (χ0v) is 37.4. The predicted molar refractivity (Wildman–Crippen MR) is 249 cm³/mol. The Balaban J connectivity index is 0.000000175. The number of aromatic amines is 1. The number of nitrogens with one attached hydrogen (secondary N) is 3. The zero-order chi connectivity index (χ0) is 44.9. The molecule has 64 heavy (non-hydrogen) atoms. The van der Waals surface area contributed by atoms with Crippen LogP contribution in [-0.2, 0) is 17.8 Å². The lowest BCUT2D eigenvalue weighted by Gasteiger charge is -2.35. The molecule has 4 heterocycles. The van der Waals surface area contributed by atoms with Gasteiger partial charge in [-0.1, -0.05) is 48.5 Å². The molecule has 4 aromatic carbocycles. The van der Waals surface area contributed by atoms with Crippen molar-refractivity contribution in [3.05, 3.63) is 140 Å². The number of aryl methyl sites for hydroxylation is 1. The van der Waals surface area contributed by atoms with Gasteiger partial charge in [-0.15, -0.1) is 11.3 Å². The van der Waals surface area contributed by atoms with E-state index in [-0.39, 0.29) is 34.9 Å². The smallest absolute Gasteiger partial charge is 0.272 e. The number of anilines is 1. The number of amides is 2. The molecule has 1 aliphatic carbocycles. The van der Waals surface area contributed by atoms with Gasteiger partial charge in [-0.05, 0) is 91.7 Å². The van der Waals surface area contributed by atoms with E-state index in [1.165, 1.54) is 27.6 Å². The van der Waals surface area contributed by atoms with Crippen LogP contribution in [0.2, 0.25) is 0 Å². The summed E-state index contributed by atoms with van der Waals surface area (Å²) < 4.78 is 25.5. The van der Waals surface area contributed by atoms with E-state index < -0.39 is 5.82 Å². The number of nitrogens with zero attached hydrogens (tertiary/aromatic N) is 5. The number of halogens is 1. The molecule has 0 spiro atoms. The molecule has 1 saturated carbocycles. The second kappa shape index (κ2) is 19.4. The number of carbonyl (C=O) groups is 2. The van der Waals surface area contributed by atoms with Crippen molar-refractivity contribution in [1.82, 2.24) is 35.3 Å². The third-order valence-electron chi connectivity index (χ3n) is 11.6. The Kier molecular flexibility index (Phi) is 13.3. The van der Waals surface area contributed by atoms with Crippen molar-refractivity contribution in [1.29, 1.82) is 0 Å². The Labute approximate surface area is 374 Å². The van der Waals surface area contributed by atoms with E-state index in [9.17, 15) is 18.8 Å². The van der Waals surface area contributed by atoms with Gasteiger partial charge in [0, 0.05) is 66.8 Å². The van der Waals surface area contributed by atoms with Crippen LogP contribution in [0.1, 0.15) is 63.7 Å². The Morgan fingerprint density at radius 1 is 0.891 bits per heavy atom. The standard InChI is InChI=1S/C25H28N4O2S.C24H23FN4O3/c1-15(24-10-18(14-32-24)19-9-7-6-8-17(19)13-26-3)27-25-20-11-22(30-4)23(31-5)12-21(20)28-16(2)29-25;25-20-8-5-15(14-21-17-3-1-2-4-18(17)22(30)27-26-21)13-19(20)24(32)29-11-9-28(10-12-29)23(31)16-6-7-16/h6-12,14-15,26H,13H2,1-5H3,(H,27,28,29);1-5,8,13,16H,6-7,9-12,14H2,(H,27,30). The molecule has 3 aromatic heterocycles. The predicted octanol–water partition coefficient (Wildman–Crippen LogP) is 7.92. The van der Waals surface area contributed by atoms with E-state index in [1.54, 1.807) is 59.6 Å². The Bertz CT molecular complexity index is 2890. The summed E-state index contributed by atoms with van der Waals surface area (Å²) in [5.41, 5.74) is 5.73. The van der Waals surface area contributed by atoms with Crippen molar-refractivity contribution in [2.45, 2.75) is 45.7 Å². The van der Waals surface area contributed by atoms with E-state index >= 15 is 0 Å². The number of ether oxygens (including phenoxy) is 2. The molecule has 9 rings (SSSR count). The molecule has 2 amide bonds. The lowest BCUT2D eigenvalue weighted by atomic mass is 10.0. The van der Waals surface area contributed by atoms with E-state index in [0.29, 0.717) is 61.0 Å². The van der Waals surface area contributed by atoms with Gasteiger partial charge in [-0.3, -0.25) is 14.4 Å². The number of carbonyl (C=O) groups excluding carboxylic acids is 2. The van der Waals surface area contributed by atoms with Crippen LogP contribution >= 0.6 is 11.3 Å². The Hall–Kier alpha value is -6.71. The van der Waals surface area contributed by atoms with Gasteiger partial charge in [0.25, 0.3) is 11.5 Å². The summed E-state index contributed by atoms with van der Waals surface area (Å²) >= 11 is 1.75. The highest BCUT2D eigenvalue weighted by atomic mass is 32.1. The maximum absolute atomic E-state index is 14.6. The summed E-state index contributed by atoms with van der Waals surface area (Å²) in [6.07, 6.45) is 2.26. The summed E-state index contributed by atoms with van der Waals surface area (Å²) in [5, 5.41) is 17.9. The van der Waals surface area contributed by atoms with Crippen LogP contribution in [0.5, 0.6) is 11.5 Å². The minimum absolute atomic E-state index is 0.0122. The number of piperazine rings is 1. The molecular formula is C49H51FN8O5S. The molecule has 7 aromatic rings. The number of thiophene rings is 1. The fourth-order valence-corrected chi connectivity index (χ4v) is 8.98. The third kappa shape index (κ3) is 9.60. The summed E-state index contributed by atoms with van der Waals surface area (Å²) in [6, 6.07) is 26.3. The van der Waals surface area contributed by atoms with E-state index in [4.69, 9.17) is 9.47 Å². The van der Waals surface area contributed by atoms with Crippen molar-refractivity contribution in [3.8, 4) is 22.6 Å². The maximum atomic E-state index is 14.6. The number of H-pyrrole nitrogens is 1. The first-order chi connectivity index (χ1) is 31.0. The van der Waals surface area contributed by atoms with Crippen molar-refractivity contribution in [2.24, 2.45) is 5.92 Å². The molecule has 15 heteroatoms. The molecule has 1 atom stereocenters. The van der Waals surface area contributed by atoms with Crippen LogP contribution in [0, 0.1) is 18.7 Å². The van der Waals surface area contributed by atoms with Crippen LogP contribution in [0.3, 0.4) is 0 Å². The normalized spacial score (nSPS) is 14.2. The lowest BCUT2D eigenvalue weighted by Crippen LogP contribution is -2.51. The van der Waals surface area contributed by atoms with Crippen LogP contribution in [-0.4, -0.2) is 89.2 Å². The third-order valence-corrected chi connectivity index (χ3v) is 12.7. The van der Waals surface area contributed by atoms with Gasteiger partial charge in [-0.25, -0.2) is 19.5 Å². The molecule has 2 aliphatic rings. The summed E-state index contributed by atoms with van der Waals surface area (Å²) in [7, 11) is 5.23. The molecule has 1 saturated heterocycles.